The highest BCUT2D eigenvalue weighted by Crippen LogP contribution is 2.39. The van der Waals surface area contributed by atoms with E-state index in [0.29, 0.717) is 33.7 Å². The average molecular weight is 472 g/mol. The molecule has 0 unspecified atom stereocenters. The third kappa shape index (κ3) is 5.24. The standard InChI is InChI=1S/C20H26ClN5O2S.ClH/c1-13(2)26-12-9-15(23-26)19(27)25(11-6-10-24(3)4)20-22-17-16(28-5)8-7-14(21)18(17)29-20;/h7-9,12-13H,6,10-11H2,1-5H3;1H. The molecule has 164 valence electrons. The number of anilines is 1. The van der Waals surface area contributed by atoms with Crippen molar-refractivity contribution in [2.45, 2.75) is 26.3 Å². The highest BCUT2D eigenvalue weighted by Gasteiger charge is 2.25. The highest BCUT2D eigenvalue weighted by molar-refractivity contribution is 7.23. The van der Waals surface area contributed by atoms with Crippen LogP contribution in [0.5, 0.6) is 5.75 Å². The van der Waals surface area contributed by atoms with Crippen molar-refractivity contribution in [3.05, 3.63) is 35.1 Å². The fraction of sp³-hybridized carbons (Fsp3) is 0.450. The summed E-state index contributed by atoms with van der Waals surface area (Å²) in [4.78, 5) is 21.8. The number of methoxy groups -OCH3 is 1. The highest BCUT2D eigenvalue weighted by atomic mass is 35.5. The molecule has 0 radical (unpaired) electrons. The quantitative estimate of drug-likeness (QED) is 0.473. The summed E-state index contributed by atoms with van der Waals surface area (Å²) in [6, 6.07) is 5.51. The molecule has 3 rings (SSSR count). The third-order valence-corrected chi connectivity index (χ3v) is 6.03. The van der Waals surface area contributed by atoms with Gasteiger partial charge in [0.2, 0.25) is 0 Å². The smallest absolute Gasteiger partial charge is 0.280 e. The molecule has 0 aliphatic rings. The minimum Gasteiger partial charge on any atom is -0.494 e. The first-order chi connectivity index (χ1) is 13.8. The molecular weight excluding hydrogens is 445 g/mol. The first-order valence-corrected chi connectivity index (χ1v) is 10.7. The Morgan fingerprint density at radius 1 is 1.27 bits per heavy atom. The summed E-state index contributed by atoms with van der Waals surface area (Å²) in [6.45, 7) is 5.44. The predicted molar refractivity (Wildman–Crippen MR) is 126 cm³/mol. The van der Waals surface area contributed by atoms with Crippen LogP contribution in [0.2, 0.25) is 5.02 Å². The van der Waals surface area contributed by atoms with Gasteiger partial charge < -0.3 is 9.64 Å². The SMILES string of the molecule is COc1ccc(Cl)c2sc(N(CCCN(C)C)C(=O)c3ccn(C(C)C)n3)nc12.Cl. The number of rotatable bonds is 8. The lowest BCUT2D eigenvalue weighted by molar-refractivity contribution is 0.0980. The number of thiazole rings is 1. The monoisotopic (exact) mass is 471 g/mol. The van der Waals surface area contributed by atoms with Crippen LogP contribution < -0.4 is 9.64 Å². The number of benzene rings is 1. The molecule has 10 heteroatoms. The summed E-state index contributed by atoms with van der Waals surface area (Å²) in [5, 5.41) is 5.63. The number of ether oxygens (including phenoxy) is 1. The third-order valence-electron chi connectivity index (χ3n) is 4.49. The molecule has 3 aromatic rings. The lowest BCUT2D eigenvalue weighted by Gasteiger charge is -2.20. The van der Waals surface area contributed by atoms with Gasteiger partial charge in [0.15, 0.2) is 10.8 Å². The molecule has 30 heavy (non-hydrogen) atoms. The van der Waals surface area contributed by atoms with Crippen molar-refractivity contribution in [3.63, 3.8) is 0 Å². The van der Waals surface area contributed by atoms with E-state index < -0.39 is 0 Å². The van der Waals surface area contributed by atoms with Crippen molar-refractivity contribution >= 4 is 56.6 Å². The molecule has 0 saturated carbocycles. The molecule has 0 saturated heterocycles. The van der Waals surface area contributed by atoms with E-state index in [1.54, 1.807) is 34.9 Å². The van der Waals surface area contributed by atoms with Crippen LogP contribution in [0.1, 0.15) is 36.8 Å². The Labute approximate surface area is 192 Å². The first kappa shape index (κ1) is 24.4. The van der Waals surface area contributed by atoms with Gasteiger partial charge in [-0.3, -0.25) is 14.4 Å². The maximum atomic E-state index is 13.3. The predicted octanol–water partition coefficient (Wildman–Crippen LogP) is 4.76. The van der Waals surface area contributed by atoms with E-state index in [1.807, 2.05) is 34.1 Å². The second-order valence-electron chi connectivity index (χ2n) is 7.31. The number of fused-ring (bicyclic) bond motifs is 1. The van der Waals surface area contributed by atoms with E-state index in [9.17, 15) is 4.79 Å². The van der Waals surface area contributed by atoms with Crippen LogP contribution in [-0.4, -0.2) is 59.9 Å². The van der Waals surface area contributed by atoms with Crippen molar-refractivity contribution in [3.8, 4) is 5.75 Å². The summed E-state index contributed by atoms with van der Waals surface area (Å²) in [5.41, 5.74) is 1.07. The molecule has 2 aromatic heterocycles. The van der Waals surface area contributed by atoms with Gasteiger partial charge in [0.05, 0.1) is 16.8 Å². The number of carbonyl (C=O) groups excluding carboxylic acids is 1. The largest absolute Gasteiger partial charge is 0.494 e. The summed E-state index contributed by atoms with van der Waals surface area (Å²) in [7, 11) is 5.62. The minimum atomic E-state index is -0.169. The van der Waals surface area contributed by atoms with Gasteiger partial charge in [-0.1, -0.05) is 22.9 Å². The van der Waals surface area contributed by atoms with E-state index in [-0.39, 0.29) is 24.4 Å². The number of carbonyl (C=O) groups is 1. The molecule has 0 aliphatic carbocycles. The van der Waals surface area contributed by atoms with Crippen molar-refractivity contribution in [2.24, 2.45) is 0 Å². The van der Waals surface area contributed by atoms with Gasteiger partial charge in [-0.25, -0.2) is 4.98 Å². The molecule has 1 aromatic carbocycles. The van der Waals surface area contributed by atoms with Gasteiger partial charge >= 0.3 is 0 Å². The van der Waals surface area contributed by atoms with Crippen LogP contribution in [0.4, 0.5) is 5.13 Å². The van der Waals surface area contributed by atoms with Crippen molar-refractivity contribution in [1.82, 2.24) is 19.7 Å². The Balaban J connectivity index is 0.00000320. The van der Waals surface area contributed by atoms with E-state index in [1.165, 1.54) is 11.3 Å². The zero-order valence-corrected chi connectivity index (χ0v) is 20.1. The van der Waals surface area contributed by atoms with Crippen LogP contribution in [-0.2, 0) is 0 Å². The molecule has 7 nitrogen and oxygen atoms in total. The molecule has 0 bridgehead atoms. The van der Waals surface area contributed by atoms with Crippen molar-refractivity contribution < 1.29 is 9.53 Å². The Bertz CT molecular complexity index is 1000. The Morgan fingerprint density at radius 3 is 2.60 bits per heavy atom. The molecule has 0 spiro atoms. The number of halogens is 2. The lowest BCUT2D eigenvalue weighted by atomic mass is 10.3. The second kappa shape index (κ2) is 10.4. The van der Waals surface area contributed by atoms with E-state index in [2.05, 4.69) is 10.00 Å². The zero-order chi connectivity index (χ0) is 21.1. The maximum Gasteiger partial charge on any atom is 0.280 e. The maximum absolute atomic E-state index is 13.3. The van der Waals surface area contributed by atoms with E-state index >= 15 is 0 Å². The molecule has 1 amide bonds. The van der Waals surface area contributed by atoms with Gasteiger partial charge in [0.25, 0.3) is 5.91 Å². The van der Waals surface area contributed by atoms with E-state index in [4.69, 9.17) is 21.3 Å². The number of aromatic nitrogens is 3. The molecular formula is C20H27Cl2N5O2S. The fourth-order valence-corrected chi connectivity index (χ4v) is 4.21. The van der Waals surface area contributed by atoms with Gasteiger partial charge in [0, 0.05) is 18.8 Å². The van der Waals surface area contributed by atoms with Crippen LogP contribution in [0.3, 0.4) is 0 Å². The Hall–Kier alpha value is -1.87. The number of hydrogen-bond acceptors (Lipinski definition) is 6. The minimum absolute atomic E-state index is 0. The van der Waals surface area contributed by atoms with Crippen molar-refractivity contribution in [1.29, 1.82) is 0 Å². The second-order valence-corrected chi connectivity index (χ2v) is 8.70. The van der Waals surface area contributed by atoms with Gasteiger partial charge in [-0.2, -0.15) is 5.10 Å². The Kier molecular flexibility index (Phi) is 8.49. The van der Waals surface area contributed by atoms with Crippen molar-refractivity contribution in [2.75, 3.05) is 39.2 Å². The van der Waals surface area contributed by atoms with E-state index in [0.717, 1.165) is 17.7 Å². The summed E-state index contributed by atoms with van der Waals surface area (Å²) >= 11 is 7.76. The molecule has 0 fully saturated rings. The zero-order valence-electron chi connectivity index (χ0n) is 17.8. The van der Waals surface area contributed by atoms with Crippen LogP contribution in [0.25, 0.3) is 10.2 Å². The van der Waals surface area contributed by atoms with Gasteiger partial charge in [-0.05, 0) is 59.1 Å². The average Bonchev–Trinajstić information content (AvgIpc) is 3.33. The molecule has 0 aliphatic heterocycles. The normalized spacial score (nSPS) is 11.2. The molecule has 0 atom stereocenters. The Morgan fingerprint density at radius 2 is 2.00 bits per heavy atom. The fourth-order valence-electron chi connectivity index (χ4n) is 2.93. The summed E-state index contributed by atoms with van der Waals surface area (Å²) in [5.74, 6) is 0.467. The summed E-state index contributed by atoms with van der Waals surface area (Å²) < 4.78 is 8.01. The van der Waals surface area contributed by atoms with Crippen LogP contribution in [0, 0.1) is 0 Å². The topological polar surface area (TPSA) is 63.5 Å². The first-order valence-electron chi connectivity index (χ1n) is 9.46. The lowest BCUT2D eigenvalue weighted by Crippen LogP contribution is -2.33. The molecule has 2 heterocycles. The van der Waals surface area contributed by atoms with Crippen LogP contribution in [0.15, 0.2) is 24.4 Å². The van der Waals surface area contributed by atoms with Gasteiger partial charge in [0.1, 0.15) is 11.3 Å². The van der Waals surface area contributed by atoms with Gasteiger partial charge in [-0.15, -0.1) is 12.4 Å². The summed E-state index contributed by atoms with van der Waals surface area (Å²) in [6.07, 6.45) is 2.64. The number of nitrogens with zero attached hydrogens (tertiary/aromatic N) is 5. The molecule has 0 N–H and O–H groups in total. The number of hydrogen-bond donors (Lipinski definition) is 0. The van der Waals surface area contributed by atoms with Crippen LogP contribution >= 0.6 is 35.3 Å². The number of amides is 1.